The number of hydrogen-bond acceptors (Lipinski definition) is 6. The fourth-order valence-corrected chi connectivity index (χ4v) is 5.72. The Labute approximate surface area is 200 Å². The average Bonchev–Trinajstić information content (AvgIpc) is 3.57. The molecular weight excluding hydrogens is 434 g/mol. The third-order valence-corrected chi connectivity index (χ3v) is 7.73. The molecule has 1 saturated carbocycles. The lowest BCUT2D eigenvalue weighted by molar-refractivity contribution is 0.0988. The van der Waals surface area contributed by atoms with Crippen molar-refractivity contribution < 1.29 is 9.59 Å². The van der Waals surface area contributed by atoms with Crippen LogP contribution in [0.4, 0.5) is 10.5 Å². The maximum atomic E-state index is 13.2. The summed E-state index contributed by atoms with van der Waals surface area (Å²) in [6.07, 6.45) is 8.80. The Balaban J connectivity index is 1.42. The van der Waals surface area contributed by atoms with Gasteiger partial charge in [0, 0.05) is 48.9 Å². The predicted molar refractivity (Wildman–Crippen MR) is 132 cm³/mol. The molecule has 2 aromatic heterocycles. The van der Waals surface area contributed by atoms with Crippen LogP contribution < -0.4 is 11.1 Å². The van der Waals surface area contributed by atoms with Crippen LogP contribution in [0.3, 0.4) is 0 Å². The van der Waals surface area contributed by atoms with Crippen LogP contribution in [0.5, 0.6) is 0 Å². The molecule has 2 amide bonds. The van der Waals surface area contributed by atoms with Gasteiger partial charge in [-0.25, -0.2) is 4.79 Å². The number of likely N-dealkylation sites (tertiary alicyclic amines) is 1. The molecule has 2 fully saturated rings. The van der Waals surface area contributed by atoms with Gasteiger partial charge in [-0.1, -0.05) is 25.8 Å². The second kappa shape index (κ2) is 11.1. The number of nitrogens with one attached hydrogen (secondary N) is 1. The van der Waals surface area contributed by atoms with Crippen LogP contribution >= 0.6 is 11.3 Å². The third kappa shape index (κ3) is 6.12. The molecule has 1 aliphatic carbocycles. The zero-order valence-electron chi connectivity index (χ0n) is 19.5. The van der Waals surface area contributed by atoms with Crippen LogP contribution in [0.25, 0.3) is 0 Å². The monoisotopic (exact) mass is 469 g/mol. The van der Waals surface area contributed by atoms with Crippen LogP contribution in [-0.4, -0.2) is 58.3 Å². The highest BCUT2D eigenvalue weighted by molar-refractivity contribution is 7.08. The van der Waals surface area contributed by atoms with Crippen molar-refractivity contribution in [2.75, 3.05) is 25.4 Å². The van der Waals surface area contributed by atoms with Gasteiger partial charge in [-0.2, -0.15) is 0 Å². The van der Waals surface area contributed by atoms with Crippen LogP contribution in [0.15, 0.2) is 29.1 Å². The van der Waals surface area contributed by atoms with Gasteiger partial charge in [0.1, 0.15) is 5.69 Å². The number of pyridine rings is 1. The SMILES string of the molecule is CCN1CCCC1CN(Cc1ccc(C(=O)Cc2cscc2N)nc1)C(=O)NC1CCCC1. The van der Waals surface area contributed by atoms with Gasteiger partial charge >= 0.3 is 6.03 Å². The van der Waals surface area contributed by atoms with Gasteiger partial charge in [-0.05, 0) is 61.3 Å². The molecule has 1 atom stereocenters. The summed E-state index contributed by atoms with van der Waals surface area (Å²) in [5.41, 5.74) is 8.78. The van der Waals surface area contributed by atoms with E-state index in [1.165, 1.54) is 30.6 Å². The number of urea groups is 1. The van der Waals surface area contributed by atoms with Crippen LogP contribution in [0, 0.1) is 0 Å². The summed E-state index contributed by atoms with van der Waals surface area (Å²) in [7, 11) is 0. The van der Waals surface area contributed by atoms with Crippen LogP contribution in [0.2, 0.25) is 0 Å². The van der Waals surface area contributed by atoms with E-state index in [9.17, 15) is 9.59 Å². The van der Waals surface area contributed by atoms with E-state index in [4.69, 9.17) is 5.73 Å². The lowest BCUT2D eigenvalue weighted by atomic mass is 10.1. The first-order valence-corrected chi connectivity index (χ1v) is 13.1. The molecule has 0 spiro atoms. The van der Waals surface area contributed by atoms with Crippen molar-refractivity contribution in [3.8, 4) is 0 Å². The highest BCUT2D eigenvalue weighted by atomic mass is 32.1. The van der Waals surface area contributed by atoms with Crippen molar-refractivity contribution >= 4 is 28.8 Å². The average molecular weight is 470 g/mol. The number of ketones is 1. The van der Waals surface area contributed by atoms with Gasteiger partial charge in [0.05, 0.1) is 0 Å². The van der Waals surface area contributed by atoms with E-state index in [2.05, 4.69) is 22.1 Å². The first-order valence-electron chi connectivity index (χ1n) is 12.1. The minimum atomic E-state index is -0.0491. The summed E-state index contributed by atoms with van der Waals surface area (Å²) >= 11 is 1.50. The molecule has 2 aromatic rings. The van der Waals surface area contributed by atoms with Crippen LogP contribution in [-0.2, 0) is 13.0 Å². The quantitative estimate of drug-likeness (QED) is 0.540. The molecule has 3 N–H and O–H groups in total. The summed E-state index contributed by atoms with van der Waals surface area (Å²) in [6.45, 7) is 5.50. The van der Waals surface area contributed by atoms with E-state index in [0.717, 1.165) is 43.5 Å². The van der Waals surface area contributed by atoms with Gasteiger partial charge in [0.2, 0.25) is 0 Å². The number of hydrogen-bond donors (Lipinski definition) is 2. The van der Waals surface area contributed by atoms with E-state index in [1.54, 1.807) is 12.3 Å². The molecule has 3 heterocycles. The Hall–Kier alpha value is -2.45. The fourth-order valence-electron chi connectivity index (χ4n) is 4.97. The second-order valence-corrected chi connectivity index (χ2v) is 9.98. The molecule has 8 heteroatoms. The number of nitrogen functional groups attached to an aromatic ring is 1. The Kier molecular flexibility index (Phi) is 7.98. The number of rotatable bonds is 9. The van der Waals surface area contributed by atoms with Crippen molar-refractivity contribution in [3.63, 3.8) is 0 Å². The van der Waals surface area contributed by atoms with Crippen LogP contribution in [0.1, 0.15) is 67.1 Å². The molecule has 4 rings (SSSR count). The molecule has 1 saturated heterocycles. The number of anilines is 1. The van der Waals surface area contributed by atoms with E-state index >= 15 is 0 Å². The Morgan fingerprint density at radius 3 is 2.70 bits per heavy atom. The maximum Gasteiger partial charge on any atom is 0.317 e. The number of carbonyl (C=O) groups excluding carboxylic acids is 2. The summed E-state index contributed by atoms with van der Waals surface area (Å²) in [6, 6.07) is 4.38. The topological polar surface area (TPSA) is 91.6 Å². The van der Waals surface area contributed by atoms with Gasteiger partial charge < -0.3 is 16.0 Å². The van der Waals surface area contributed by atoms with Crippen molar-refractivity contribution in [3.05, 3.63) is 45.9 Å². The second-order valence-electron chi connectivity index (χ2n) is 9.24. The Morgan fingerprint density at radius 1 is 1.21 bits per heavy atom. The molecule has 2 aliphatic rings. The first kappa shape index (κ1) is 23.7. The summed E-state index contributed by atoms with van der Waals surface area (Å²) in [5, 5.41) is 7.00. The Bertz CT molecular complexity index is 939. The molecule has 178 valence electrons. The van der Waals surface area contributed by atoms with Gasteiger partial charge in [0.15, 0.2) is 5.78 Å². The maximum absolute atomic E-state index is 13.2. The number of thiophene rings is 1. The standard InChI is InChI=1S/C25H35N5O2S/c1-2-29-11-5-8-21(29)15-30(25(32)28-20-6-3-4-7-20)14-18-9-10-23(27-13-18)24(31)12-19-16-33-17-22(19)26/h9-10,13,16-17,20-21H,2-8,11-12,14-15,26H2,1H3,(H,28,32). The lowest BCUT2D eigenvalue weighted by Crippen LogP contribution is -2.48. The zero-order chi connectivity index (χ0) is 23.2. The smallest absolute Gasteiger partial charge is 0.317 e. The molecular formula is C25H35N5O2S. The largest absolute Gasteiger partial charge is 0.398 e. The number of aromatic nitrogens is 1. The number of carbonyl (C=O) groups is 2. The van der Waals surface area contributed by atoms with Crippen molar-refractivity contribution in [1.82, 2.24) is 20.1 Å². The Morgan fingerprint density at radius 2 is 2.03 bits per heavy atom. The predicted octanol–water partition coefficient (Wildman–Crippen LogP) is 4.09. The summed E-state index contributed by atoms with van der Waals surface area (Å²) < 4.78 is 0. The third-order valence-electron chi connectivity index (χ3n) is 6.92. The number of amides is 2. The number of Topliss-reactive ketones (excluding diaryl/α,β-unsaturated/α-hetero) is 1. The van der Waals surface area contributed by atoms with E-state index < -0.39 is 0 Å². The number of likely N-dealkylation sites (N-methyl/N-ethyl adjacent to an activating group) is 1. The van der Waals surface area contributed by atoms with Crippen molar-refractivity contribution in [2.24, 2.45) is 0 Å². The van der Waals surface area contributed by atoms with Gasteiger partial charge in [-0.3, -0.25) is 14.7 Å². The molecule has 0 bridgehead atoms. The normalized spacial score (nSPS) is 19.1. The molecule has 7 nitrogen and oxygen atoms in total. The highest BCUT2D eigenvalue weighted by Gasteiger charge is 2.28. The summed E-state index contributed by atoms with van der Waals surface area (Å²) in [5.74, 6) is -0.0491. The first-order chi connectivity index (χ1) is 16.0. The minimum Gasteiger partial charge on any atom is -0.398 e. The number of nitrogens with zero attached hydrogens (tertiary/aromatic N) is 3. The molecule has 1 unspecified atom stereocenters. The number of nitrogens with two attached hydrogens (primary N) is 1. The van der Waals surface area contributed by atoms with Crippen molar-refractivity contribution in [2.45, 2.75) is 70.5 Å². The highest BCUT2D eigenvalue weighted by Crippen LogP contribution is 2.22. The fraction of sp³-hybridized carbons (Fsp3) is 0.560. The minimum absolute atomic E-state index is 0.0120. The molecule has 0 aromatic carbocycles. The molecule has 33 heavy (non-hydrogen) atoms. The van der Waals surface area contributed by atoms with Crippen molar-refractivity contribution in [1.29, 1.82) is 0 Å². The van der Waals surface area contributed by atoms with E-state index in [0.29, 0.717) is 30.5 Å². The zero-order valence-corrected chi connectivity index (χ0v) is 20.3. The van der Waals surface area contributed by atoms with Gasteiger partial charge in [-0.15, -0.1) is 11.3 Å². The molecule has 1 aliphatic heterocycles. The van der Waals surface area contributed by atoms with Gasteiger partial charge in [0.25, 0.3) is 0 Å². The summed E-state index contributed by atoms with van der Waals surface area (Å²) in [4.78, 5) is 34.6. The molecule has 0 radical (unpaired) electrons. The lowest BCUT2D eigenvalue weighted by Gasteiger charge is -2.31. The van der Waals surface area contributed by atoms with E-state index in [1.807, 2.05) is 21.7 Å². The van der Waals surface area contributed by atoms with E-state index in [-0.39, 0.29) is 24.3 Å².